The minimum atomic E-state index is -1.11. The number of aliphatic carboxylic acids is 1. The Labute approximate surface area is 120 Å². The highest BCUT2D eigenvalue weighted by Gasteiger charge is 2.26. The lowest BCUT2D eigenvalue weighted by atomic mass is 10.1. The molecule has 118 valence electrons. The maximum Gasteiger partial charge on any atom is 0.328 e. The lowest BCUT2D eigenvalue weighted by Gasteiger charge is -2.31. The molecule has 1 atom stereocenters. The second-order valence-electron chi connectivity index (χ2n) is 4.45. The van der Waals surface area contributed by atoms with E-state index in [9.17, 15) is 9.59 Å². The van der Waals surface area contributed by atoms with E-state index in [4.69, 9.17) is 14.6 Å². The van der Waals surface area contributed by atoms with Gasteiger partial charge in [0.25, 0.3) is 0 Å². The van der Waals surface area contributed by atoms with E-state index < -0.39 is 18.0 Å². The third-order valence-corrected chi connectivity index (χ3v) is 3.11. The zero-order valence-corrected chi connectivity index (χ0v) is 12.7. The monoisotopic (exact) mass is 290 g/mol. The third kappa shape index (κ3) is 6.21. The van der Waals surface area contributed by atoms with E-state index in [1.54, 1.807) is 12.0 Å². The van der Waals surface area contributed by atoms with Crippen molar-refractivity contribution in [2.45, 2.75) is 38.8 Å². The molecule has 0 aliphatic heterocycles. The number of nitrogens with one attached hydrogen (secondary N) is 1. The van der Waals surface area contributed by atoms with Gasteiger partial charge in [0, 0.05) is 26.8 Å². The Kier molecular flexibility index (Phi) is 9.75. The summed E-state index contributed by atoms with van der Waals surface area (Å²) in [5.41, 5.74) is 0. The Morgan fingerprint density at radius 1 is 1.20 bits per heavy atom. The molecule has 0 heterocycles. The Morgan fingerprint density at radius 3 is 2.20 bits per heavy atom. The fraction of sp³-hybridized carbons (Fsp3) is 0.846. The average molecular weight is 290 g/mol. The normalized spacial score (nSPS) is 12.2. The summed E-state index contributed by atoms with van der Waals surface area (Å²) in [5.74, 6) is -1.11. The second-order valence-corrected chi connectivity index (χ2v) is 4.45. The molecule has 0 aromatic carbocycles. The zero-order chi connectivity index (χ0) is 15.5. The number of methoxy groups -OCH3 is 2. The Morgan fingerprint density at radius 2 is 1.80 bits per heavy atom. The first kappa shape index (κ1) is 18.7. The van der Waals surface area contributed by atoms with Gasteiger partial charge in [0.05, 0.1) is 13.2 Å². The van der Waals surface area contributed by atoms with Crippen LogP contribution in [0.4, 0.5) is 4.79 Å². The third-order valence-electron chi connectivity index (χ3n) is 3.11. The van der Waals surface area contributed by atoms with Gasteiger partial charge in [-0.15, -0.1) is 0 Å². The van der Waals surface area contributed by atoms with Crippen LogP contribution >= 0.6 is 0 Å². The Bertz CT molecular complexity index is 294. The number of amides is 2. The van der Waals surface area contributed by atoms with Crippen LogP contribution in [0.1, 0.15) is 26.7 Å². The highest BCUT2D eigenvalue weighted by molar-refractivity contribution is 5.82. The summed E-state index contributed by atoms with van der Waals surface area (Å²) >= 11 is 0. The molecule has 1 unspecified atom stereocenters. The van der Waals surface area contributed by atoms with E-state index in [1.807, 2.05) is 13.8 Å². The number of carboxylic acid groups (broad SMARTS) is 1. The zero-order valence-electron chi connectivity index (χ0n) is 12.7. The molecule has 0 rings (SSSR count). The van der Waals surface area contributed by atoms with E-state index in [0.717, 1.165) is 12.8 Å². The molecule has 2 amide bonds. The molecular weight excluding hydrogens is 264 g/mol. The van der Waals surface area contributed by atoms with Crippen molar-refractivity contribution in [1.82, 2.24) is 10.2 Å². The first-order chi connectivity index (χ1) is 9.51. The average Bonchev–Trinajstić information content (AvgIpc) is 2.42. The molecule has 7 nitrogen and oxygen atoms in total. The minimum absolute atomic E-state index is 0.0575. The summed E-state index contributed by atoms with van der Waals surface area (Å²) in [6, 6.07) is -1.39. The molecule has 7 heteroatoms. The molecule has 0 radical (unpaired) electrons. The topological polar surface area (TPSA) is 88.1 Å². The Hall–Kier alpha value is -1.34. The second kappa shape index (κ2) is 10.4. The van der Waals surface area contributed by atoms with Gasteiger partial charge < -0.3 is 24.8 Å². The summed E-state index contributed by atoms with van der Waals surface area (Å²) < 4.78 is 9.80. The van der Waals surface area contributed by atoms with Crippen LogP contribution in [0.25, 0.3) is 0 Å². The molecule has 0 aromatic rings. The quantitative estimate of drug-likeness (QED) is 0.625. The van der Waals surface area contributed by atoms with Crippen molar-refractivity contribution >= 4 is 12.0 Å². The molecule has 0 aliphatic rings. The lowest BCUT2D eigenvalue weighted by Crippen LogP contribution is -2.53. The van der Waals surface area contributed by atoms with E-state index in [0.29, 0.717) is 13.2 Å². The largest absolute Gasteiger partial charge is 0.480 e. The van der Waals surface area contributed by atoms with Crippen LogP contribution < -0.4 is 5.32 Å². The fourth-order valence-corrected chi connectivity index (χ4v) is 1.94. The SMILES string of the molecule is CCC(CC)N(CCOC)C(=O)NC(COC)C(=O)O. The Balaban J connectivity index is 4.78. The fourth-order valence-electron chi connectivity index (χ4n) is 1.94. The molecule has 0 bridgehead atoms. The van der Waals surface area contributed by atoms with Gasteiger partial charge in [-0.1, -0.05) is 13.8 Å². The number of hydrogen-bond acceptors (Lipinski definition) is 4. The minimum Gasteiger partial charge on any atom is -0.480 e. The molecule has 0 saturated heterocycles. The van der Waals surface area contributed by atoms with Gasteiger partial charge in [-0.2, -0.15) is 0 Å². The van der Waals surface area contributed by atoms with Crippen molar-refractivity contribution in [3.63, 3.8) is 0 Å². The number of carbonyl (C=O) groups excluding carboxylic acids is 1. The number of carboxylic acids is 1. The maximum absolute atomic E-state index is 12.2. The highest BCUT2D eigenvalue weighted by Crippen LogP contribution is 2.09. The lowest BCUT2D eigenvalue weighted by molar-refractivity contribution is -0.140. The van der Waals surface area contributed by atoms with Gasteiger partial charge in [-0.25, -0.2) is 9.59 Å². The van der Waals surface area contributed by atoms with Crippen LogP contribution in [0.2, 0.25) is 0 Å². The van der Waals surface area contributed by atoms with Gasteiger partial charge in [-0.05, 0) is 12.8 Å². The number of urea groups is 1. The van der Waals surface area contributed by atoms with Crippen molar-refractivity contribution in [3.8, 4) is 0 Å². The van der Waals surface area contributed by atoms with Gasteiger partial charge in [0.2, 0.25) is 0 Å². The van der Waals surface area contributed by atoms with Crippen LogP contribution in [-0.2, 0) is 14.3 Å². The van der Waals surface area contributed by atoms with E-state index in [-0.39, 0.29) is 12.6 Å². The number of ether oxygens (including phenoxy) is 2. The molecule has 0 saturated carbocycles. The van der Waals surface area contributed by atoms with Gasteiger partial charge in [0.15, 0.2) is 6.04 Å². The highest BCUT2D eigenvalue weighted by atomic mass is 16.5. The molecule has 0 aliphatic carbocycles. The van der Waals surface area contributed by atoms with Gasteiger partial charge in [0.1, 0.15) is 0 Å². The van der Waals surface area contributed by atoms with E-state index in [2.05, 4.69) is 5.32 Å². The molecule has 0 fully saturated rings. The van der Waals surface area contributed by atoms with Crippen LogP contribution in [0.3, 0.4) is 0 Å². The number of nitrogens with zero attached hydrogens (tertiary/aromatic N) is 1. The van der Waals surface area contributed by atoms with Crippen LogP contribution in [0, 0.1) is 0 Å². The van der Waals surface area contributed by atoms with Crippen molar-refractivity contribution in [2.75, 3.05) is 34.0 Å². The number of carbonyl (C=O) groups is 2. The number of rotatable bonds is 10. The van der Waals surface area contributed by atoms with E-state index in [1.165, 1.54) is 7.11 Å². The van der Waals surface area contributed by atoms with Gasteiger partial charge in [-0.3, -0.25) is 0 Å². The molecular formula is C13H26N2O5. The first-order valence-corrected chi connectivity index (χ1v) is 6.79. The molecule has 0 spiro atoms. The summed E-state index contributed by atoms with van der Waals surface area (Å²) in [7, 11) is 2.96. The number of hydrogen-bond donors (Lipinski definition) is 2. The smallest absolute Gasteiger partial charge is 0.328 e. The summed E-state index contributed by atoms with van der Waals surface area (Å²) in [6.07, 6.45) is 1.60. The van der Waals surface area contributed by atoms with E-state index >= 15 is 0 Å². The standard InChI is InChI=1S/C13H26N2O5/c1-5-10(6-2)15(7-8-19-3)13(18)14-11(9-20-4)12(16)17/h10-11H,5-9H2,1-4H3,(H,14,18)(H,16,17). The summed E-state index contributed by atoms with van der Waals surface area (Å²) in [6.45, 7) is 4.75. The van der Waals surface area contributed by atoms with Crippen LogP contribution in [0.5, 0.6) is 0 Å². The maximum atomic E-state index is 12.2. The molecule has 2 N–H and O–H groups in total. The summed E-state index contributed by atoms with van der Waals surface area (Å²) in [5, 5.41) is 11.5. The van der Waals surface area contributed by atoms with Crippen LogP contribution in [-0.4, -0.2) is 68.1 Å². The van der Waals surface area contributed by atoms with Crippen molar-refractivity contribution < 1.29 is 24.2 Å². The predicted octanol–water partition coefficient (Wildman–Crippen LogP) is 0.933. The molecule has 0 aromatic heterocycles. The predicted molar refractivity (Wildman–Crippen MR) is 74.8 cm³/mol. The van der Waals surface area contributed by atoms with Crippen molar-refractivity contribution in [2.24, 2.45) is 0 Å². The van der Waals surface area contributed by atoms with Crippen LogP contribution in [0.15, 0.2) is 0 Å². The van der Waals surface area contributed by atoms with Crippen molar-refractivity contribution in [1.29, 1.82) is 0 Å². The van der Waals surface area contributed by atoms with Crippen molar-refractivity contribution in [3.05, 3.63) is 0 Å². The summed E-state index contributed by atoms with van der Waals surface area (Å²) in [4.78, 5) is 24.9. The van der Waals surface area contributed by atoms with Gasteiger partial charge >= 0.3 is 12.0 Å². The molecule has 20 heavy (non-hydrogen) atoms. The first-order valence-electron chi connectivity index (χ1n) is 6.79.